The van der Waals surface area contributed by atoms with Crippen LogP contribution in [0.25, 0.3) is 11.0 Å². The van der Waals surface area contributed by atoms with E-state index in [9.17, 15) is 9.59 Å². The van der Waals surface area contributed by atoms with Gasteiger partial charge in [-0.2, -0.15) is 0 Å². The van der Waals surface area contributed by atoms with Crippen molar-refractivity contribution in [1.29, 1.82) is 0 Å². The van der Waals surface area contributed by atoms with Crippen molar-refractivity contribution in [3.05, 3.63) is 74.9 Å². The molecule has 1 aromatic heterocycles. The van der Waals surface area contributed by atoms with Crippen LogP contribution in [0.15, 0.2) is 57.7 Å². The zero-order valence-electron chi connectivity index (χ0n) is 11.5. The molecule has 0 saturated heterocycles. The maximum atomic E-state index is 12.4. The van der Waals surface area contributed by atoms with Crippen molar-refractivity contribution in [1.82, 2.24) is 0 Å². The number of rotatable bonds is 4. The van der Waals surface area contributed by atoms with E-state index in [0.29, 0.717) is 28.8 Å². The molecule has 1 heterocycles. The Bertz CT molecular complexity index is 888. The molecule has 4 nitrogen and oxygen atoms in total. The number of benzene rings is 2. The summed E-state index contributed by atoms with van der Waals surface area (Å²) in [6.45, 7) is 0.448. The van der Waals surface area contributed by atoms with E-state index >= 15 is 0 Å². The minimum atomic E-state index is -0.394. The Morgan fingerprint density at radius 1 is 1.14 bits per heavy atom. The summed E-state index contributed by atoms with van der Waals surface area (Å²) in [4.78, 5) is 23.6. The summed E-state index contributed by atoms with van der Waals surface area (Å²) in [5.74, 6) is 0.165. The van der Waals surface area contributed by atoms with Crippen molar-refractivity contribution in [3.8, 4) is 0 Å². The van der Waals surface area contributed by atoms with Gasteiger partial charge in [-0.3, -0.25) is 9.59 Å². The Kier molecular flexibility index (Phi) is 3.94. The molecule has 0 saturated carbocycles. The topological polar surface area (TPSA) is 59.3 Å². The summed E-state index contributed by atoms with van der Waals surface area (Å²) in [5.41, 5.74) is 0.966. The van der Waals surface area contributed by atoms with Gasteiger partial charge >= 0.3 is 0 Å². The molecule has 0 bridgehead atoms. The summed E-state index contributed by atoms with van der Waals surface area (Å²) in [6.07, 6.45) is 0.500. The van der Waals surface area contributed by atoms with Crippen molar-refractivity contribution < 1.29 is 9.21 Å². The molecule has 5 heteroatoms. The van der Waals surface area contributed by atoms with Crippen molar-refractivity contribution >= 4 is 34.7 Å². The van der Waals surface area contributed by atoms with Gasteiger partial charge in [0.1, 0.15) is 11.1 Å². The smallest absolute Gasteiger partial charge is 0.208 e. The second kappa shape index (κ2) is 6.03. The number of hydrogen-bond acceptors (Lipinski definition) is 4. The number of halogens is 1. The number of hydrogen-bond donors (Lipinski definition) is 1. The highest BCUT2D eigenvalue weighted by molar-refractivity contribution is 6.31. The highest BCUT2D eigenvalue weighted by Crippen LogP contribution is 2.22. The summed E-state index contributed by atoms with van der Waals surface area (Å²) < 4.78 is 5.64. The van der Waals surface area contributed by atoms with Gasteiger partial charge in [0, 0.05) is 11.6 Å². The molecule has 0 aliphatic rings. The fourth-order valence-corrected chi connectivity index (χ4v) is 2.37. The molecular formula is C17H12ClNO3. The van der Waals surface area contributed by atoms with E-state index in [-0.39, 0.29) is 11.4 Å². The highest BCUT2D eigenvalue weighted by atomic mass is 35.5. The zero-order valence-corrected chi connectivity index (χ0v) is 12.3. The fourth-order valence-electron chi connectivity index (χ4n) is 2.20. The third-order valence-electron chi connectivity index (χ3n) is 3.30. The van der Waals surface area contributed by atoms with Crippen molar-refractivity contribution in [2.75, 3.05) is 5.32 Å². The minimum Gasteiger partial charge on any atom is -0.440 e. The Morgan fingerprint density at radius 2 is 1.91 bits per heavy atom. The lowest BCUT2D eigenvalue weighted by molar-refractivity contribution is 0.112. The highest BCUT2D eigenvalue weighted by Gasteiger charge is 2.14. The molecule has 0 radical (unpaired) electrons. The fraction of sp³-hybridized carbons (Fsp3) is 0.0588. The minimum absolute atomic E-state index is 0.0364. The van der Waals surface area contributed by atoms with E-state index < -0.39 is 5.43 Å². The largest absolute Gasteiger partial charge is 0.440 e. The molecule has 0 spiro atoms. The van der Waals surface area contributed by atoms with Crippen LogP contribution in [-0.2, 0) is 6.54 Å². The summed E-state index contributed by atoms with van der Waals surface area (Å²) in [6, 6.07) is 14.4. The molecule has 1 N–H and O–H groups in total. The van der Waals surface area contributed by atoms with E-state index in [1.54, 1.807) is 12.1 Å². The lowest BCUT2D eigenvalue weighted by Crippen LogP contribution is -2.13. The molecule has 2 aromatic carbocycles. The number of nitrogens with one attached hydrogen (secondary N) is 1. The third kappa shape index (κ3) is 2.73. The first kappa shape index (κ1) is 14.4. The Labute approximate surface area is 131 Å². The Balaban J connectivity index is 2.03. The molecule has 110 valence electrons. The van der Waals surface area contributed by atoms with Gasteiger partial charge in [-0.05, 0) is 23.8 Å². The predicted molar refractivity (Wildman–Crippen MR) is 86.7 cm³/mol. The van der Waals surface area contributed by atoms with Crippen molar-refractivity contribution in [2.45, 2.75) is 6.54 Å². The molecule has 0 aliphatic carbocycles. The first-order chi connectivity index (χ1) is 10.7. The molecule has 3 rings (SSSR count). The summed E-state index contributed by atoms with van der Waals surface area (Å²) in [7, 11) is 0. The van der Waals surface area contributed by atoms with Gasteiger partial charge in [0.2, 0.25) is 11.3 Å². The third-order valence-corrected chi connectivity index (χ3v) is 3.54. The van der Waals surface area contributed by atoms with E-state index in [1.807, 2.05) is 30.3 Å². The predicted octanol–water partition coefficient (Wildman–Crippen LogP) is 3.87. The molecule has 3 aromatic rings. The number of aldehydes is 1. The molecule has 0 fully saturated rings. The van der Waals surface area contributed by atoms with Crippen molar-refractivity contribution in [3.63, 3.8) is 0 Å². The van der Waals surface area contributed by atoms with Crippen LogP contribution in [0.2, 0.25) is 5.02 Å². The van der Waals surface area contributed by atoms with Crippen LogP contribution >= 0.6 is 11.6 Å². The molecule has 0 amide bonds. The lowest BCUT2D eigenvalue weighted by Gasteiger charge is -2.09. The second-order valence-electron chi connectivity index (χ2n) is 4.77. The number of carbonyl (C=O) groups excluding carboxylic acids is 1. The first-order valence-corrected chi connectivity index (χ1v) is 7.06. The van der Waals surface area contributed by atoms with Gasteiger partial charge in [0.15, 0.2) is 6.29 Å². The van der Waals surface area contributed by atoms with Gasteiger partial charge in [-0.15, -0.1) is 0 Å². The van der Waals surface area contributed by atoms with E-state index in [0.717, 1.165) is 5.56 Å². The van der Waals surface area contributed by atoms with Gasteiger partial charge < -0.3 is 9.73 Å². The van der Waals surface area contributed by atoms with Crippen LogP contribution in [0, 0.1) is 0 Å². The SMILES string of the molecule is O=Cc1c(NCc2ccccc2)oc2ccc(Cl)cc2c1=O. The Morgan fingerprint density at radius 3 is 2.64 bits per heavy atom. The van der Waals surface area contributed by atoms with Crippen molar-refractivity contribution in [2.24, 2.45) is 0 Å². The summed E-state index contributed by atoms with van der Waals surface area (Å²) >= 11 is 5.88. The van der Waals surface area contributed by atoms with Gasteiger partial charge in [0.05, 0.1) is 5.39 Å². The maximum absolute atomic E-state index is 12.4. The van der Waals surface area contributed by atoms with Gasteiger partial charge in [-0.1, -0.05) is 41.9 Å². The second-order valence-corrected chi connectivity index (χ2v) is 5.21. The molecule has 0 aliphatic heterocycles. The zero-order chi connectivity index (χ0) is 15.5. The van der Waals surface area contributed by atoms with E-state index in [4.69, 9.17) is 16.0 Å². The number of anilines is 1. The normalized spacial score (nSPS) is 10.6. The Hall–Kier alpha value is -2.59. The molecule has 22 heavy (non-hydrogen) atoms. The molecule has 0 unspecified atom stereocenters. The average Bonchev–Trinajstić information content (AvgIpc) is 2.55. The molecule has 0 atom stereocenters. The van der Waals surface area contributed by atoms with E-state index in [2.05, 4.69) is 5.32 Å². The standard InChI is InChI=1S/C17H12ClNO3/c18-12-6-7-15-13(8-12)16(21)14(10-20)17(22-15)19-9-11-4-2-1-3-5-11/h1-8,10,19H,9H2. The average molecular weight is 314 g/mol. The van der Waals surface area contributed by atoms with Crippen LogP contribution in [0.3, 0.4) is 0 Å². The number of carbonyl (C=O) groups is 1. The molecular weight excluding hydrogens is 302 g/mol. The first-order valence-electron chi connectivity index (χ1n) is 6.68. The quantitative estimate of drug-likeness (QED) is 0.743. The van der Waals surface area contributed by atoms with Crippen LogP contribution in [0.1, 0.15) is 15.9 Å². The van der Waals surface area contributed by atoms with Gasteiger partial charge in [0.25, 0.3) is 0 Å². The number of fused-ring (bicyclic) bond motifs is 1. The van der Waals surface area contributed by atoms with Crippen LogP contribution in [-0.4, -0.2) is 6.29 Å². The van der Waals surface area contributed by atoms with Crippen LogP contribution < -0.4 is 10.7 Å². The van der Waals surface area contributed by atoms with Gasteiger partial charge in [-0.25, -0.2) is 0 Å². The summed E-state index contributed by atoms with van der Waals surface area (Å²) in [5, 5.41) is 3.71. The van der Waals surface area contributed by atoms with E-state index in [1.165, 1.54) is 6.07 Å². The lowest BCUT2D eigenvalue weighted by atomic mass is 10.1. The maximum Gasteiger partial charge on any atom is 0.208 e. The monoisotopic (exact) mass is 313 g/mol. The van der Waals surface area contributed by atoms with Crippen LogP contribution in [0.4, 0.5) is 5.88 Å². The van der Waals surface area contributed by atoms with Crippen LogP contribution in [0.5, 0.6) is 0 Å².